The normalized spacial score (nSPS) is 12.1. The van der Waals surface area contributed by atoms with Crippen molar-refractivity contribution in [2.24, 2.45) is 0 Å². The third-order valence-corrected chi connectivity index (χ3v) is 5.51. The van der Waals surface area contributed by atoms with Crippen molar-refractivity contribution in [3.63, 3.8) is 0 Å². The number of benzene rings is 3. The second kappa shape index (κ2) is 7.40. The lowest BCUT2D eigenvalue weighted by atomic mass is 9.86. The molecule has 0 fully saturated rings. The first-order valence-corrected chi connectivity index (χ1v) is 9.88. The number of aromatic nitrogens is 2. The zero-order valence-corrected chi connectivity index (χ0v) is 16.0. The molecule has 1 heterocycles. The molecule has 0 spiro atoms. The van der Waals surface area contributed by atoms with Gasteiger partial charge in [-0.15, -0.1) is 0 Å². The predicted octanol–water partition coefficient (Wildman–Crippen LogP) is 4.77. The molecule has 29 heavy (non-hydrogen) atoms. The van der Waals surface area contributed by atoms with E-state index in [1.807, 2.05) is 42.5 Å². The van der Waals surface area contributed by atoms with Crippen molar-refractivity contribution < 1.29 is 4.79 Å². The summed E-state index contributed by atoms with van der Waals surface area (Å²) in [5, 5.41) is 10.6. The van der Waals surface area contributed by atoms with Gasteiger partial charge in [-0.05, 0) is 35.1 Å². The Morgan fingerprint density at radius 1 is 0.828 bits per heavy atom. The fraction of sp³-hybridized carbons (Fsp3) is 0.120. The molecule has 4 aromatic rings. The molecule has 0 saturated carbocycles. The van der Waals surface area contributed by atoms with Crippen molar-refractivity contribution >= 4 is 5.91 Å². The minimum Gasteiger partial charge on any atom is -0.347 e. The molecular formula is C25H21N3O. The van der Waals surface area contributed by atoms with Crippen LogP contribution in [-0.2, 0) is 19.4 Å². The summed E-state index contributed by atoms with van der Waals surface area (Å²) in [6.45, 7) is 0.472. The Labute approximate surface area is 169 Å². The van der Waals surface area contributed by atoms with E-state index in [0.29, 0.717) is 12.2 Å². The van der Waals surface area contributed by atoms with Crippen LogP contribution < -0.4 is 5.32 Å². The fourth-order valence-corrected chi connectivity index (χ4v) is 4.06. The van der Waals surface area contributed by atoms with E-state index in [9.17, 15) is 4.79 Å². The van der Waals surface area contributed by atoms with Crippen LogP contribution in [0.2, 0.25) is 0 Å². The van der Waals surface area contributed by atoms with Crippen LogP contribution in [0, 0.1) is 0 Å². The van der Waals surface area contributed by atoms with Gasteiger partial charge in [0.05, 0.1) is 5.69 Å². The summed E-state index contributed by atoms with van der Waals surface area (Å²) < 4.78 is 0. The van der Waals surface area contributed by atoms with Gasteiger partial charge in [0.25, 0.3) is 5.91 Å². The maximum atomic E-state index is 13.1. The van der Waals surface area contributed by atoms with Crippen LogP contribution in [-0.4, -0.2) is 16.1 Å². The number of H-pyrrole nitrogens is 1. The van der Waals surface area contributed by atoms with Gasteiger partial charge in [-0.25, -0.2) is 0 Å². The third kappa shape index (κ3) is 3.23. The molecule has 0 saturated heterocycles. The highest BCUT2D eigenvalue weighted by Gasteiger charge is 2.26. The molecule has 0 unspecified atom stereocenters. The number of nitrogens with one attached hydrogen (secondary N) is 2. The molecule has 1 aliphatic carbocycles. The number of nitrogens with zero attached hydrogens (tertiary/aromatic N) is 1. The summed E-state index contributed by atoms with van der Waals surface area (Å²) in [4.78, 5) is 13.1. The zero-order chi connectivity index (χ0) is 19.6. The highest BCUT2D eigenvalue weighted by molar-refractivity contribution is 6.03. The van der Waals surface area contributed by atoms with Gasteiger partial charge in [0.1, 0.15) is 0 Å². The molecule has 1 aliphatic rings. The standard InChI is InChI=1S/C25H21N3O/c29-25(26-16-17-8-2-1-3-9-17)24-22-20-12-6-4-10-18(20)14-15-19-11-5-7-13-21(19)23(22)27-28-24/h1-13H,14-16H2,(H,26,29)(H,27,28). The third-order valence-electron chi connectivity index (χ3n) is 5.51. The lowest BCUT2D eigenvalue weighted by Gasteiger charge is -2.17. The Balaban J connectivity index is 1.60. The van der Waals surface area contributed by atoms with E-state index < -0.39 is 0 Å². The summed E-state index contributed by atoms with van der Waals surface area (Å²) >= 11 is 0. The van der Waals surface area contributed by atoms with Gasteiger partial charge in [0.2, 0.25) is 0 Å². The van der Waals surface area contributed by atoms with Crippen LogP contribution in [0.1, 0.15) is 27.2 Å². The second-order valence-electron chi connectivity index (χ2n) is 7.30. The average Bonchev–Trinajstić information content (AvgIpc) is 3.20. The van der Waals surface area contributed by atoms with Gasteiger partial charge in [-0.2, -0.15) is 5.10 Å². The largest absolute Gasteiger partial charge is 0.347 e. The van der Waals surface area contributed by atoms with Crippen molar-refractivity contribution in [1.29, 1.82) is 0 Å². The van der Waals surface area contributed by atoms with E-state index in [2.05, 4.69) is 51.9 Å². The van der Waals surface area contributed by atoms with E-state index in [-0.39, 0.29) is 5.91 Å². The smallest absolute Gasteiger partial charge is 0.272 e. The molecule has 0 bridgehead atoms. The Bertz CT molecular complexity index is 1180. The van der Waals surface area contributed by atoms with Crippen LogP contribution in [0.5, 0.6) is 0 Å². The maximum absolute atomic E-state index is 13.1. The number of carbonyl (C=O) groups excluding carboxylic acids is 1. The maximum Gasteiger partial charge on any atom is 0.272 e. The molecule has 4 heteroatoms. The Hall–Kier alpha value is -3.66. The van der Waals surface area contributed by atoms with Gasteiger partial charge < -0.3 is 5.32 Å². The van der Waals surface area contributed by atoms with Crippen LogP contribution in [0.4, 0.5) is 0 Å². The summed E-state index contributed by atoms with van der Waals surface area (Å²) in [5.74, 6) is -0.167. The van der Waals surface area contributed by atoms with Gasteiger partial charge in [-0.1, -0.05) is 78.9 Å². The highest BCUT2D eigenvalue weighted by Crippen LogP contribution is 2.39. The van der Waals surface area contributed by atoms with Crippen molar-refractivity contribution in [2.75, 3.05) is 0 Å². The molecule has 2 N–H and O–H groups in total. The molecule has 1 aromatic heterocycles. The minimum absolute atomic E-state index is 0.167. The first-order chi connectivity index (χ1) is 14.3. The van der Waals surface area contributed by atoms with E-state index >= 15 is 0 Å². The minimum atomic E-state index is -0.167. The van der Waals surface area contributed by atoms with E-state index in [4.69, 9.17) is 0 Å². The van der Waals surface area contributed by atoms with Crippen molar-refractivity contribution in [1.82, 2.24) is 15.5 Å². The van der Waals surface area contributed by atoms with Gasteiger partial charge >= 0.3 is 0 Å². The molecule has 0 aliphatic heterocycles. The fourth-order valence-electron chi connectivity index (χ4n) is 4.06. The van der Waals surface area contributed by atoms with Gasteiger partial charge in [0.15, 0.2) is 5.69 Å². The number of rotatable bonds is 3. The van der Waals surface area contributed by atoms with Crippen LogP contribution in [0.15, 0.2) is 78.9 Å². The Morgan fingerprint density at radius 2 is 1.45 bits per heavy atom. The molecule has 0 atom stereocenters. The molecule has 3 aromatic carbocycles. The molecule has 4 nitrogen and oxygen atoms in total. The Morgan fingerprint density at radius 3 is 2.21 bits per heavy atom. The number of fused-ring (bicyclic) bond motifs is 5. The molecule has 142 valence electrons. The average molecular weight is 379 g/mol. The van der Waals surface area contributed by atoms with Crippen molar-refractivity contribution in [2.45, 2.75) is 19.4 Å². The number of amides is 1. The van der Waals surface area contributed by atoms with E-state index in [1.54, 1.807) is 0 Å². The Kier molecular flexibility index (Phi) is 4.45. The summed E-state index contributed by atoms with van der Waals surface area (Å²) in [7, 11) is 0. The predicted molar refractivity (Wildman–Crippen MR) is 114 cm³/mol. The molecule has 5 rings (SSSR count). The quantitative estimate of drug-likeness (QED) is 0.539. The number of aromatic amines is 1. The van der Waals surface area contributed by atoms with Crippen molar-refractivity contribution in [3.05, 3.63) is 101 Å². The van der Waals surface area contributed by atoms with Crippen LogP contribution in [0.25, 0.3) is 22.4 Å². The topological polar surface area (TPSA) is 57.8 Å². The number of aryl methyl sites for hydroxylation is 2. The number of hydrogen-bond acceptors (Lipinski definition) is 2. The van der Waals surface area contributed by atoms with Crippen LogP contribution in [0.3, 0.4) is 0 Å². The monoisotopic (exact) mass is 379 g/mol. The highest BCUT2D eigenvalue weighted by atomic mass is 16.1. The lowest BCUT2D eigenvalue weighted by molar-refractivity contribution is 0.0946. The van der Waals surface area contributed by atoms with Gasteiger partial charge in [0, 0.05) is 17.7 Å². The number of hydrogen-bond donors (Lipinski definition) is 2. The SMILES string of the molecule is O=C(NCc1ccccc1)c1n[nH]c2c1-c1ccccc1CCc1ccccc1-2. The summed E-state index contributed by atoms with van der Waals surface area (Å²) in [6.07, 6.45) is 1.89. The second-order valence-corrected chi connectivity index (χ2v) is 7.30. The first-order valence-electron chi connectivity index (χ1n) is 9.88. The summed E-state index contributed by atoms with van der Waals surface area (Å²) in [5.41, 5.74) is 8.01. The first kappa shape index (κ1) is 17.4. The number of carbonyl (C=O) groups is 1. The van der Waals surface area contributed by atoms with Crippen molar-refractivity contribution in [3.8, 4) is 22.4 Å². The van der Waals surface area contributed by atoms with E-state index in [0.717, 1.165) is 40.8 Å². The zero-order valence-electron chi connectivity index (χ0n) is 16.0. The molecule has 1 amide bonds. The lowest BCUT2D eigenvalue weighted by Crippen LogP contribution is -2.24. The van der Waals surface area contributed by atoms with Crippen LogP contribution >= 0.6 is 0 Å². The van der Waals surface area contributed by atoms with E-state index in [1.165, 1.54) is 11.1 Å². The molecular weight excluding hydrogens is 358 g/mol. The van der Waals surface area contributed by atoms with Gasteiger partial charge in [-0.3, -0.25) is 9.89 Å². The molecule has 0 radical (unpaired) electrons. The summed E-state index contributed by atoms with van der Waals surface area (Å²) in [6, 6.07) is 26.6.